The third kappa shape index (κ3) is 1.27. The van der Waals surface area contributed by atoms with Crippen molar-refractivity contribution in [2.45, 2.75) is 43.2 Å². The predicted molar refractivity (Wildman–Crippen MR) is 81.6 cm³/mol. The average molecular weight is 308 g/mol. The zero-order valence-electron chi connectivity index (χ0n) is 21.1. The fraction of sp³-hybridized carbons (Fsp3) is 0.611. The summed E-state index contributed by atoms with van der Waals surface area (Å²) in [5, 5.41) is 0. The smallest absolute Gasteiger partial charge is 0.174 e. The second-order valence-electron chi connectivity index (χ2n) is 6.32. The van der Waals surface area contributed by atoms with Gasteiger partial charge in [-0.3, -0.25) is 4.79 Å². The predicted octanol–water partition coefficient (Wildman–Crippen LogP) is 1.93. The number of Topliss-reactive ketones (excluding diaryl/α,β-unsaturated/α-hetero) is 1. The first-order valence-corrected chi connectivity index (χ1v) is 7.43. The molecule has 1 saturated carbocycles. The van der Waals surface area contributed by atoms with Crippen LogP contribution in [0.25, 0.3) is 0 Å². The van der Waals surface area contributed by atoms with Crippen molar-refractivity contribution in [3.05, 3.63) is 23.2 Å². The number of ether oxygens (including phenoxy) is 2. The molecule has 0 radical (unpaired) electrons. The number of rotatable bonds is 1. The van der Waals surface area contributed by atoms with E-state index in [1.54, 1.807) is 11.9 Å². The van der Waals surface area contributed by atoms with Crippen LogP contribution in [0, 0.1) is 5.89 Å². The number of carbonyl (C=O) groups is 1. The van der Waals surface area contributed by atoms with E-state index in [0.29, 0.717) is 0 Å². The van der Waals surface area contributed by atoms with Crippen LogP contribution in [-0.2, 0) is 16.6 Å². The molecule has 1 saturated heterocycles. The highest BCUT2D eigenvalue weighted by Crippen LogP contribution is 2.62. The van der Waals surface area contributed by atoms with E-state index < -0.39 is 60.5 Å². The molecule has 1 spiro atoms. The van der Waals surface area contributed by atoms with E-state index >= 15 is 0 Å². The highest BCUT2D eigenvalue weighted by atomic mass is 16.5. The molecule has 0 N–H and O–H groups in total. The lowest BCUT2D eigenvalue weighted by molar-refractivity contribution is -0.138. The van der Waals surface area contributed by atoms with Crippen LogP contribution in [0.15, 0.2) is 12.1 Å². The van der Waals surface area contributed by atoms with Crippen LogP contribution in [0.2, 0.25) is 0 Å². The van der Waals surface area contributed by atoms with Crippen LogP contribution in [0.5, 0.6) is 11.5 Å². The second-order valence-corrected chi connectivity index (χ2v) is 6.32. The molecular weight excluding hydrogens is 278 g/mol. The maximum atomic E-state index is 13.0. The third-order valence-electron chi connectivity index (χ3n) is 5.42. The number of piperidine rings is 1. The van der Waals surface area contributed by atoms with Gasteiger partial charge in [0.25, 0.3) is 0 Å². The highest BCUT2D eigenvalue weighted by Gasteiger charge is 2.65. The van der Waals surface area contributed by atoms with E-state index in [4.69, 9.17) is 20.4 Å². The molecule has 1 unspecified atom stereocenters. The van der Waals surface area contributed by atoms with Crippen molar-refractivity contribution in [1.82, 2.24) is 4.90 Å². The summed E-state index contributed by atoms with van der Waals surface area (Å²) in [6, 6.07) is -2.33. The van der Waals surface area contributed by atoms with Gasteiger partial charge in [0.05, 0.1) is 15.3 Å². The van der Waals surface area contributed by atoms with E-state index in [9.17, 15) is 6.17 Å². The van der Waals surface area contributed by atoms with Crippen LogP contribution < -0.4 is 9.47 Å². The number of likely N-dealkylation sites (N-methyl/N-ethyl adjacent to an activating group) is 1. The van der Waals surface area contributed by atoms with Crippen LogP contribution in [0.4, 0.5) is 0 Å². The van der Waals surface area contributed by atoms with Gasteiger partial charge in [0.2, 0.25) is 0 Å². The number of ketones is 1. The summed E-state index contributed by atoms with van der Waals surface area (Å²) in [4.78, 5) is 14.7. The summed E-state index contributed by atoms with van der Waals surface area (Å²) >= 11 is 0. The van der Waals surface area contributed by atoms with Gasteiger partial charge in [-0.05, 0) is 50.3 Å². The van der Waals surface area contributed by atoms with Crippen molar-refractivity contribution in [3.8, 4) is 11.5 Å². The van der Waals surface area contributed by atoms with Gasteiger partial charge in [-0.25, -0.2) is 0 Å². The minimum atomic E-state index is -3.00. The van der Waals surface area contributed by atoms with Crippen molar-refractivity contribution in [3.63, 3.8) is 0 Å². The highest BCUT2D eigenvalue weighted by molar-refractivity contribution is 5.89. The number of hydrogen-bond donors (Lipinski definition) is 0. The van der Waals surface area contributed by atoms with E-state index in [-0.39, 0.29) is 42.7 Å². The Balaban J connectivity index is 1.97. The second kappa shape index (κ2) is 4.05. The third-order valence-corrected chi connectivity index (χ3v) is 5.42. The number of benzene rings is 1. The monoisotopic (exact) mass is 308 g/mol. The quantitative estimate of drug-likeness (QED) is 0.795. The number of likely N-dealkylation sites (tertiary alicyclic amines) is 1. The molecule has 116 valence electrons. The minimum Gasteiger partial charge on any atom is -0.493 e. The van der Waals surface area contributed by atoms with Gasteiger partial charge in [-0.1, -0.05) is 6.04 Å². The molecule has 0 amide bonds. The first kappa shape index (κ1) is 6.91. The first-order chi connectivity index (χ1) is 14.1. The number of nitrogens with zero attached hydrogens (tertiary/aromatic N) is 1. The molecule has 5 rings (SSSR count). The molecule has 4 atom stereocenters. The molecule has 1 aromatic carbocycles. The maximum Gasteiger partial charge on any atom is 0.174 e. The van der Waals surface area contributed by atoms with Crippen LogP contribution in [-0.4, -0.2) is 43.4 Å². The maximum absolute atomic E-state index is 13.0. The minimum absolute atomic E-state index is 0.00857. The largest absolute Gasteiger partial charge is 0.493 e. The number of methoxy groups -OCH3 is 1. The Labute approximate surface area is 143 Å². The Hall–Kier alpha value is -1.55. The Morgan fingerprint density at radius 1 is 1.64 bits per heavy atom. The van der Waals surface area contributed by atoms with Gasteiger partial charge in [0.15, 0.2) is 23.4 Å². The van der Waals surface area contributed by atoms with Crippen LogP contribution in [0.3, 0.4) is 0 Å². The summed E-state index contributed by atoms with van der Waals surface area (Å²) in [6.45, 7) is 0.284. The lowest BCUT2D eigenvalue weighted by Gasteiger charge is -2.57. The SMILES string of the molecule is [2H]c1c([2H])c2c3c(c1OC([2H])([2H])[2H])OC1([2H])C(=O)CC[C@@]4([2H])[C@H](N(C)CC[C@]314)C2([2H])[2H]. The Morgan fingerprint density at radius 3 is 3.41 bits per heavy atom. The fourth-order valence-corrected chi connectivity index (χ4v) is 4.47. The molecular formula is C18H21NO3. The Kier molecular flexibility index (Phi) is 1.27. The van der Waals surface area contributed by atoms with Crippen molar-refractivity contribution < 1.29 is 26.6 Å². The van der Waals surface area contributed by atoms with Crippen molar-refractivity contribution in [2.24, 2.45) is 5.89 Å². The van der Waals surface area contributed by atoms with Crippen molar-refractivity contribution in [1.29, 1.82) is 0 Å². The Morgan fingerprint density at radius 2 is 2.55 bits per heavy atom. The molecule has 22 heavy (non-hydrogen) atoms. The van der Waals surface area contributed by atoms with Gasteiger partial charge in [0, 0.05) is 27.6 Å². The van der Waals surface area contributed by atoms with Crippen LogP contribution in [0.1, 0.15) is 42.7 Å². The van der Waals surface area contributed by atoms with Gasteiger partial charge >= 0.3 is 0 Å². The summed E-state index contributed by atoms with van der Waals surface area (Å²) in [6.07, 6.45) is -4.58. The molecule has 0 aromatic heterocycles. The van der Waals surface area contributed by atoms with E-state index in [0.717, 1.165) is 0 Å². The fourth-order valence-electron chi connectivity index (χ4n) is 4.47. The lowest BCUT2D eigenvalue weighted by atomic mass is 9.52. The van der Waals surface area contributed by atoms with Gasteiger partial charge in [0.1, 0.15) is 0 Å². The normalized spacial score (nSPS) is 54.0. The summed E-state index contributed by atoms with van der Waals surface area (Å²) in [5.41, 5.74) is -1.83. The standard InChI is InChI=1S/C18H21NO3/c1-19-8-7-18-11-4-5-13(20)17(18)22-16-14(21-2)6-3-10(15(16)18)9-12(11)19/h3,6,11-12,17H,4-5,7-9H2,1-2H3/t11-,12+,17?,18-/m0/s1/i2D3,3D,6D,9D2,11D,17D. The summed E-state index contributed by atoms with van der Waals surface area (Å²) in [7, 11) is -1.32. The summed E-state index contributed by atoms with van der Waals surface area (Å²) in [5.74, 6) is -3.19. The lowest BCUT2D eigenvalue weighted by Crippen LogP contribution is -2.65. The average Bonchev–Trinajstić information content (AvgIpc) is 2.90. The molecule has 1 aromatic rings. The van der Waals surface area contributed by atoms with E-state index in [2.05, 4.69) is 0 Å². The molecule has 4 nitrogen and oxygen atoms in total. The van der Waals surface area contributed by atoms with Gasteiger partial charge in [-0.15, -0.1) is 0 Å². The van der Waals surface area contributed by atoms with E-state index in [1.165, 1.54) is 0 Å². The molecule has 2 aliphatic carbocycles. The van der Waals surface area contributed by atoms with Gasteiger partial charge < -0.3 is 14.4 Å². The molecule has 4 heteroatoms. The topological polar surface area (TPSA) is 38.8 Å². The van der Waals surface area contributed by atoms with Crippen molar-refractivity contribution >= 4 is 5.78 Å². The molecule has 2 fully saturated rings. The van der Waals surface area contributed by atoms with Crippen LogP contribution >= 0.6 is 0 Å². The number of hydrogen-bond acceptors (Lipinski definition) is 4. The molecule has 2 aliphatic heterocycles. The molecule has 2 bridgehead atoms. The Bertz CT molecular complexity index is 1040. The number of carbonyl (C=O) groups excluding carboxylic acids is 1. The first-order valence-electron chi connectivity index (χ1n) is 11.9. The van der Waals surface area contributed by atoms with Gasteiger partial charge in [-0.2, -0.15) is 0 Å². The zero-order chi connectivity index (χ0) is 22.9. The molecule has 2 heterocycles. The van der Waals surface area contributed by atoms with Crippen molar-refractivity contribution in [2.75, 3.05) is 20.6 Å². The zero-order valence-corrected chi connectivity index (χ0v) is 12.1. The molecule has 4 aliphatic rings. The summed E-state index contributed by atoms with van der Waals surface area (Å²) < 4.78 is 86.5. The van der Waals surface area contributed by atoms with E-state index in [1.807, 2.05) is 0 Å².